The van der Waals surface area contributed by atoms with Gasteiger partial charge in [0.15, 0.2) is 0 Å². The molecule has 0 aliphatic rings. The minimum absolute atomic E-state index is 0.0420. The third kappa shape index (κ3) is 4.04. The molecule has 0 aliphatic heterocycles. The second-order valence-electron chi connectivity index (χ2n) is 4.62. The summed E-state index contributed by atoms with van der Waals surface area (Å²) >= 11 is 0. The molecule has 0 aliphatic carbocycles. The van der Waals surface area contributed by atoms with E-state index in [1.807, 2.05) is 12.1 Å². The van der Waals surface area contributed by atoms with Gasteiger partial charge in [0.1, 0.15) is 0 Å². The number of nitriles is 1. The molecule has 0 saturated carbocycles. The molecule has 16 heavy (non-hydrogen) atoms. The summed E-state index contributed by atoms with van der Waals surface area (Å²) in [4.78, 5) is 0. The first-order valence-electron chi connectivity index (χ1n) is 5.81. The molecule has 1 unspecified atom stereocenters. The largest absolute Gasteiger partial charge is 0.298 e. The van der Waals surface area contributed by atoms with Crippen molar-refractivity contribution < 1.29 is 0 Å². The highest BCUT2D eigenvalue weighted by Crippen LogP contribution is 2.08. The Morgan fingerprint density at radius 1 is 1.31 bits per heavy atom. The molecule has 1 rings (SSSR count). The molecule has 0 saturated heterocycles. The van der Waals surface area contributed by atoms with E-state index >= 15 is 0 Å². The summed E-state index contributed by atoms with van der Waals surface area (Å²) in [6.07, 6.45) is 0.905. The Kier molecular flexibility index (Phi) is 5.01. The minimum Gasteiger partial charge on any atom is -0.298 e. The molecular formula is C14H20N2. The van der Waals surface area contributed by atoms with E-state index in [0.717, 1.165) is 13.0 Å². The van der Waals surface area contributed by atoms with E-state index in [9.17, 15) is 0 Å². The van der Waals surface area contributed by atoms with Crippen LogP contribution in [0.25, 0.3) is 0 Å². The second-order valence-corrected chi connectivity index (χ2v) is 4.62. The molecule has 0 bridgehead atoms. The molecule has 0 heterocycles. The number of benzene rings is 1. The highest BCUT2D eigenvalue weighted by atomic mass is 14.9. The van der Waals surface area contributed by atoms with E-state index in [0.29, 0.717) is 5.92 Å². The van der Waals surface area contributed by atoms with Crippen LogP contribution < -0.4 is 5.32 Å². The van der Waals surface area contributed by atoms with Crippen LogP contribution in [-0.2, 0) is 6.54 Å². The number of hydrogen-bond acceptors (Lipinski definition) is 2. The SMILES string of the molecule is Cc1ccccc1CNC(C#N)CC(C)C. The average Bonchev–Trinajstić information content (AvgIpc) is 2.25. The van der Waals surface area contributed by atoms with Crippen LogP contribution in [-0.4, -0.2) is 6.04 Å². The molecule has 1 N–H and O–H groups in total. The van der Waals surface area contributed by atoms with Gasteiger partial charge in [0.25, 0.3) is 0 Å². The van der Waals surface area contributed by atoms with Crippen LogP contribution >= 0.6 is 0 Å². The zero-order valence-electron chi connectivity index (χ0n) is 10.3. The van der Waals surface area contributed by atoms with Gasteiger partial charge in [-0.15, -0.1) is 0 Å². The molecular weight excluding hydrogens is 196 g/mol. The summed E-state index contributed by atoms with van der Waals surface area (Å²) in [6, 6.07) is 10.5. The molecule has 0 spiro atoms. The van der Waals surface area contributed by atoms with Gasteiger partial charge in [0.2, 0.25) is 0 Å². The molecule has 86 valence electrons. The fourth-order valence-electron chi connectivity index (χ4n) is 1.69. The highest BCUT2D eigenvalue weighted by Gasteiger charge is 2.09. The number of nitrogens with zero attached hydrogens (tertiary/aromatic N) is 1. The lowest BCUT2D eigenvalue weighted by atomic mass is 10.0. The number of hydrogen-bond donors (Lipinski definition) is 1. The fourth-order valence-corrected chi connectivity index (χ4v) is 1.69. The molecule has 0 amide bonds. The lowest BCUT2D eigenvalue weighted by Crippen LogP contribution is -2.28. The summed E-state index contributed by atoms with van der Waals surface area (Å²) in [7, 11) is 0. The van der Waals surface area contributed by atoms with Crippen molar-refractivity contribution in [3.05, 3.63) is 35.4 Å². The zero-order chi connectivity index (χ0) is 12.0. The quantitative estimate of drug-likeness (QED) is 0.821. The van der Waals surface area contributed by atoms with Crippen molar-refractivity contribution >= 4 is 0 Å². The molecule has 1 atom stereocenters. The minimum atomic E-state index is -0.0420. The summed E-state index contributed by atoms with van der Waals surface area (Å²) in [6.45, 7) is 7.15. The summed E-state index contributed by atoms with van der Waals surface area (Å²) in [5.74, 6) is 0.550. The van der Waals surface area contributed by atoms with Gasteiger partial charge in [0, 0.05) is 6.54 Å². The van der Waals surface area contributed by atoms with Gasteiger partial charge in [-0.1, -0.05) is 38.1 Å². The van der Waals surface area contributed by atoms with Crippen LogP contribution in [0.1, 0.15) is 31.4 Å². The van der Waals surface area contributed by atoms with Gasteiger partial charge >= 0.3 is 0 Å². The van der Waals surface area contributed by atoms with Crippen LogP contribution in [0.4, 0.5) is 0 Å². The molecule has 0 aromatic heterocycles. The summed E-state index contributed by atoms with van der Waals surface area (Å²) in [5, 5.41) is 12.3. The molecule has 0 fully saturated rings. The Hall–Kier alpha value is -1.33. The number of nitrogens with one attached hydrogen (secondary N) is 1. The Morgan fingerprint density at radius 3 is 2.56 bits per heavy atom. The normalized spacial score (nSPS) is 12.4. The molecule has 1 aromatic carbocycles. The Balaban J connectivity index is 2.50. The molecule has 2 nitrogen and oxygen atoms in total. The van der Waals surface area contributed by atoms with Crippen LogP contribution in [0.2, 0.25) is 0 Å². The second kappa shape index (κ2) is 6.30. The zero-order valence-corrected chi connectivity index (χ0v) is 10.3. The first-order valence-corrected chi connectivity index (χ1v) is 5.81. The topological polar surface area (TPSA) is 35.8 Å². The lowest BCUT2D eigenvalue weighted by Gasteiger charge is -2.14. The van der Waals surface area contributed by atoms with Gasteiger partial charge in [-0.05, 0) is 30.4 Å². The van der Waals surface area contributed by atoms with Crippen molar-refractivity contribution in [3.8, 4) is 6.07 Å². The van der Waals surface area contributed by atoms with Crippen LogP contribution in [0.5, 0.6) is 0 Å². The maximum absolute atomic E-state index is 9.01. The summed E-state index contributed by atoms with van der Waals surface area (Å²) in [5.41, 5.74) is 2.54. The van der Waals surface area contributed by atoms with Crippen molar-refractivity contribution in [1.29, 1.82) is 5.26 Å². The molecule has 1 aromatic rings. The van der Waals surface area contributed by atoms with Crippen molar-refractivity contribution in [3.63, 3.8) is 0 Å². The standard InChI is InChI=1S/C14H20N2/c1-11(2)8-14(9-15)16-10-13-7-5-4-6-12(13)3/h4-7,11,14,16H,8,10H2,1-3H3. The monoisotopic (exact) mass is 216 g/mol. The van der Waals surface area contributed by atoms with E-state index in [1.54, 1.807) is 0 Å². The average molecular weight is 216 g/mol. The first-order chi connectivity index (χ1) is 7.63. The van der Waals surface area contributed by atoms with E-state index in [2.05, 4.69) is 44.3 Å². The van der Waals surface area contributed by atoms with Crippen LogP contribution in [0.15, 0.2) is 24.3 Å². The van der Waals surface area contributed by atoms with Crippen molar-refractivity contribution in [2.45, 2.75) is 39.8 Å². The Morgan fingerprint density at radius 2 is 2.00 bits per heavy atom. The van der Waals surface area contributed by atoms with E-state index in [1.165, 1.54) is 11.1 Å². The van der Waals surface area contributed by atoms with Gasteiger partial charge in [-0.3, -0.25) is 5.32 Å². The maximum atomic E-state index is 9.01. The van der Waals surface area contributed by atoms with Gasteiger partial charge < -0.3 is 0 Å². The van der Waals surface area contributed by atoms with E-state index < -0.39 is 0 Å². The van der Waals surface area contributed by atoms with Gasteiger partial charge in [-0.25, -0.2) is 0 Å². The maximum Gasteiger partial charge on any atom is 0.0958 e. The predicted molar refractivity (Wildman–Crippen MR) is 66.9 cm³/mol. The Labute approximate surface area is 98.3 Å². The number of rotatable bonds is 5. The van der Waals surface area contributed by atoms with Crippen molar-refractivity contribution in [1.82, 2.24) is 5.32 Å². The highest BCUT2D eigenvalue weighted by molar-refractivity contribution is 5.25. The third-order valence-corrected chi connectivity index (χ3v) is 2.66. The summed E-state index contributed by atoms with van der Waals surface area (Å²) < 4.78 is 0. The smallest absolute Gasteiger partial charge is 0.0958 e. The Bertz CT molecular complexity index is 363. The fraction of sp³-hybridized carbons (Fsp3) is 0.500. The first kappa shape index (κ1) is 12.7. The van der Waals surface area contributed by atoms with Gasteiger partial charge in [0.05, 0.1) is 12.1 Å². The van der Waals surface area contributed by atoms with Crippen molar-refractivity contribution in [2.24, 2.45) is 5.92 Å². The van der Waals surface area contributed by atoms with Gasteiger partial charge in [-0.2, -0.15) is 5.26 Å². The van der Waals surface area contributed by atoms with Crippen LogP contribution in [0.3, 0.4) is 0 Å². The molecule has 0 radical (unpaired) electrons. The third-order valence-electron chi connectivity index (χ3n) is 2.66. The van der Waals surface area contributed by atoms with E-state index in [-0.39, 0.29) is 6.04 Å². The lowest BCUT2D eigenvalue weighted by molar-refractivity contribution is 0.478. The number of aryl methyl sites for hydroxylation is 1. The molecule has 2 heteroatoms. The van der Waals surface area contributed by atoms with Crippen LogP contribution in [0, 0.1) is 24.2 Å². The predicted octanol–water partition coefficient (Wildman–Crippen LogP) is 3.02. The van der Waals surface area contributed by atoms with E-state index in [4.69, 9.17) is 5.26 Å². The van der Waals surface area contributed by atoms with Crippen molar-refractivity contribution in [2.75, 3.05) is 0 Å².